The quantitative estimate of drug-likeness (QED) is 0.697. The Morgan fingerprint density at radius 3 is 3.08 bits per heavy atom. The number of hydrogen-bond acceptors (Lipinski definition) is 3. The van der Waals surface area contributed by atoms with Crippen molar-refractivity contribution in [2.45, 2.75) is 6.92 Å². The van der Waals surface area contributed by atoms with Crippen molar-refractivity contribution in [3.8, 4) is 0 Å². The fourth-order valence-corrected chi connectivity index (χ4v) is 1.12. The zero-order valence-corrected chi connectivity index (χ0v) is 6.93. The second-order valence-corrected chi connectivity index (χ2v) is 2.71. The number of carboxylic acids is 1. The SMILES string of the molecule is Cc1cc2nc(C(=O)O)ccn2n1. The van der Waals surface area contributed by atoms with Gasteiger partial charge in [-0.3, -0.25) is 0 Å². The summed E-state index contributed by atoms with van der Waals surface area (Å²) in [7, 11) is 0. The highest BCUT2D eigenvalue weighted by molar-refractivity contribution is 5.85. The minimum Gasteiger partial charge on any atom is -0.477 e. The molecule has 2 aromatic rings. The van der Waals surface area contributed by atoms with Crippen LogP contribution in [0.3, 0.4) is 0 Å². The summed E-state index contributed by atoms with van der Waals surface area (Å²) in [6.45, 7) is 1.83. The van der Waals surface area contributed by atoms with Gasteiger partial charge in [-0.25, -0.2) is 14.3 Å². The predicted octanol–water partition coefficient (Wildman–Crippen LogP) is 0.736. The molecule has 0 atom stereocenters. The van der Waals surface area contributed by atoms with Gasteiger partial charge in [0.25, 0.3) is 0 Å². The first-order chi connectivity index (χ1) is 6.16. The van der Waals surface area contributed by atoms with Crippen molar-refractivity contribution in [2.75, 3.05) is 0 Å². The van der Waals surface area contributed by atoms with E-state index in [1.54, 1.807) is 16.8 Å². The number of carbonyl (C=O) groups is 1. The van der Waals surface area contributed by atoms with Crippen LogP contribution in [0.2, 0.25) is 0 Å². The number of carboxylic acid groups (broad SMARTS) is 1. The summed E-state index contributed by atoms with van der Waals surface area (Å²) in [4.78, 5) is 14.5. The first-order valence-electron chi connectivity index (χ1n) is 3.73. The molecule has 0 bridgehead atoms. The van der Waals surface area contributed by atoms with Gasteiger partial charge in [-0.05, 0) is 13.0 Å². The van der Waals surface area contributed by atoms with E-state index in [4.69, 9.17) is 5.11 Å². The highest BCUT2D eigenvalue weighted by atomic mass is 16.4. The van der Waals surface area contributed by atoms with Gasteiger partial charge in [-0.15, -0.1) is 0 Å². The molecule has 0 radical (unpaired) electrons. The molecule has 5 nitrogen and oxygen atoms in total. The van der Waals surface area contributed by atoms with Gasteiger partial charge in [0.05, 0.1) is 5.69 Å². The molecule has 0 unspecified atom stereocenters. The third-order valence-electron chi connectivity index (χ3n) is 1.67. The van der Waals surface area contributed by atoms with Crippen LogP contribution in [0.5, 0.6) is 0 Å². The smallest absolute Gasteiger partial charge is 0.354 e. The van der Waals surface area contributed by atoms with Crippen molar-refractivity contribution in [1.82, 2.24) is 14.6 Å². The lowest BCUT2D eigenvalue weighted by Crippen LogP contribution is -2.01. The van der Waals surface area contributed by atoms with Crippen molar-refractivity contribution in [1.29, 1.82) is 0 Å². The number of fused-ring (bicyclic) bond motifs is 1. The Morgan fingerprint density at radius 1 is 1.62 bits per heavy atom. The lowest BCUT2D eigenvalue weighted by Gasteiger charge is -1.93. The van der Waals surface area contributed by atoms with Crippen LogP contribution in [0.15, 0.2) is 18.3 Å². The lowest BCUT2D eigenvalue weighted by atomic mass is 10.4. The molecular weight excluding hydrogens is 170 g/mol. The van der Waals surface area contributed by atoms with E-state index in [0.29, 0.717) is 5.65 Å². The minimum absolute atomic E-state index is 0.0346. The second kappa shape index (κ2) is 2.55. The molecule has 0 aliphatic carbocycles. The highest BCUT2D eigenvalue weighted by Crippen LogP contribution is 2.03. The molecule has 0 amide bonds. The van der Waals surface area contributed by atoms with Crippen LogP contribution in [-0.2, 0) is 0 Å². The van der Waals surface area contributed by atoms with Crippen molar-refractivity contribution in [3.05, 3.63) is 29.7 Å². The average Bonchev–Trinajstić information content (AvgIpc) is 2.42. The summed E-state index contributed by atoms with van der Waals surface area (Å²) >= 11 is 0. The van der Waals surface area contributed by atoms with Gasteiger partial charge in [0, 0.05) is 12.3 Å². The Bertz CT molecular complexity index is 475. The summed E-state index contributed by atoms with van der Waals surface area (Å²) in [5.74, 6) is -1.03. The molecule has 0 aromatic carbocycles. The van der Waals surface area contributed by atoms with E-state index in [0.717, 1.165) is 5.69 Å². The zero-order chi connectivity index (χ0) is 9.42. The Hall–Kier alpha value is -1.91. The van der Waals surface area contributed by atoms with Crippen LogP contribution in [0.25, 0.3) is 5.65 Å². The number of hydrogen-bond donors (Lipinski definition) is 1. The summed E-state index contributed by atoms with van der Waals surface area (Å²) < 4.78 is 1.54. The maximum atomic E-state index is 10.6. The topological polar surface area (TPSA) is 67.5 Å². The first-order valence-corrected chi connectivity index (χ1v) is 3.73. The summed E-state index contributed by atoms with van der Waals surface area (Å²) in [6.07, 6.45) is 1.58. The normalized spacial score (nSPS) is 10.5. The van der Waals surface area contributed by atoms with Crippen LogP contribution in [0.1, 0.15) is 16.2 Å². The van der Waals surface area contributed by atoms with E-state index in [1.807, 2.05) is 6.92 Å². The van der Waals surface area contributed by atoms with Crippen LogP contribution in [-0.4, -0.2) is 25.7 Å². The molecule has 5 heteroatoms. The molecular formula is C8H7N3O2. The molecule has 66 valence electrons. The number of aromatic carboxylic acids is 1. The van der Waals surface area contributed by atoms with Gasteiger partial charge in [-0.2, -0.15) is 5.10 Å². The third-order valence-corrected chi connectivity index (χ3v) is 1.67. The predicted molar refractivity (Wildman–Crippen MR) is 44.7 cm³/mol. The molecule has 1 N–H and O–H groups in total. The molecule has 0 fully saturated rings. The van der Waals surface area contributed by atoms with E-state index >= 15 is 0 Å². The molecule has 0 saturated carbocycles. The van der Waals surface area contributed by atoms with E-state index in [9.17, 15) is 4.79 Å². The van der Waals surface area contributed by atoms with Crippen LogP contribution < -0.4 is 0 Å². The van der Waals surface area contributed by atoms with Gasteiger partial charge in [-0.1, -0.05) is 0 Å². The summed E-state index contributed by atoms with van der Waals surface area (Å²) in [5, 5.41) is 12.7. The first kappa shape index (κ1) is 7.72. The van der Waals surface area contributed by atoms with Gasteiger partial charge in [0.1, 0.15) is 0 Å². The van der Waals surface area contributed by atoms with Crippen molar-refractivity contribution < 1.29 is 9.90 Å². The standard InChI is InChI=1S/C8H7N3O2/c1-5-4-7-9-6(8(12)13)2-3-11(7)10-5/h2-4H,1H3,(H,12,13). The van der Waals surface area contributed by atoms with Crippen LogP contribution in [0.4, 0.5) is 0 Å². The van der Waals surface area contributed by atoms with E-state index in [-0.39, 0.29) is 5.69 Å². The number of nitrogens with zero attached hydrogens (tertiary/aromatic N) is 3. The minimum atomic E-state index is -1.03. The molecule has 0 aliphatic rings. The van der Waals surface area contributed by atoms with Gasteiger partial charge in [0.15, 0.2) is 11.3 Å². The van der Waals surface area contributed by atoms with Gasteiger partial charge >= 0.3 is 5.97 Å². The molecule has 2 rings (SSSR count). The van der Waals surface area contributed by atoms with Gasteiger partial charge < -0.3 is 5.11 Å². The van der Waals surface area contributed by atoms with Crippen molar-refractivity contribution in [3.63, 3.8) is 0 Å². The van der Waals surface area contributed by atoms with E-state index in [2.05, 4.69) is 10.1 Å². The van der Waals surface area contributed by atoms with Crippen LogP contribution in [0, 0.1) is 6.92 Å². The number of aryl methyl sites for hydroxylation is 1. The maximum absolute atomic E-state index is 10.6. The maximum Gasteiger partial charge on any atom is 0.354 e. The van der Waals surface area contributed by atoms with Crippen molar-refractivity contribution in [2.24, 2.45) is 0 Å². The fraction of sp³-hybridized carbons (Fsp3) is 0.125. The average molecular weight is 177 g/mol. The Kier molecular flexibility index (Phi) is 1.51. The monoisotopic (exact) mass is 177 g/mol. The fourth-order valence-electron chi connectivity index (χ4n) is 1.12. The Labute approximate surface area is 73.6 Å². The molecule has 0 aliphatic heterocycles. The number of rotatable bonds is 1. The second-order valence-electron chi connectivity index (χ2n) is 2.71. The Morgan fingerprint density at radius 2 is 2.38 bits per heavy atom. The molecule has 13 heavy (non-hydrogen) atoms. The largest absolute Gasteiger partial charge is 0.477 e. The summed E-state index contributed by atoms with van der Waals surface area (Å²) in [5.41, 5.74) is 1.40. The summed E-state index contributed by atoms with van der Waals surface area (Å²) in [6, 6.07) is 3.15. The molecule has 0 saturated heterocycles. The molecule has 0 spiro atoms. The third kappa shape index (κ3) is 1.24. The number of aromatic nitrogens is 3. The van der Waals surface area contributed by atoms with Gasteiger partial charge in [0.2, 0.25) is 0 Å². The Balaban J connectivity index is 2.67. The zero-order valence-electron chi connectivity index (χ0n) is 6.93. The highest BCUT2D eigenvalue weighted by Gasteiger charge is 2.06. The lowest BCUT2D eigenvalue weighted by molar-refractivity contribution is 0.0690. The molecule has 2 aromatic heterocycles. The van der Waals surface area contributed by atoms with Crippen LogP contribution >= 0.6 is 0 Å². The molecule has 2 heterocycles. The van der Waals surface area contributed by atoms with E-state index in [1.165, 1.54) is 6.07 Å². The van der Waals surface area contributed by atoms with Crippen molar-refractivity contribution >= 4 is 11.6 Å². The van der Waals surface area contributed by atoms with E-state index < -0.39 is 5.97 Å².